The van der Waals surface area contributed by atoms with E-state index in [1.54, 1.807) is 0 Å². The number of fused-ring (bicyclic) bond motifs is 2. The molecule has 3 heterocycles. The van der Waals surface area contributed by atoms with Crippen LogP contribution in [0.3, 0.4) is 0 Å². The summed E-state index contributed by atoms with van der Waals surface area (Å²) < 4.78 is 0. The van der Waals surface area contributed by atoms with Crippen molar-refractivity contribution < 1.29 is 0 Å². The smallest absolute Gasteiger partial charge is 0.202 e. The number of nitrogens with one attached hydrogen (secondary N) is 1. The van der Waals surface area contributed by atoms with Gasteiger partial charge in [0.2, 0.25) is 5.65 Å². The van der Waals surface area contributed by atoms with Gasteiger partial charge in [0, 0.05) is 23.7 Å². The Bertz CT molecular complexity index is 893. The highest BCUT2D eigenvalue weighted by molar-refractivity contribution is 6.30. The number of hydrogen-bond donors (Lipinski definition) is 1. The number of aromatic nitrogens is 4. The molecular formula is C17H16ClN5. The van der Waals surface area contributed by atoms with Crippen molar-refractivity contribution in [3.8, 4) is 11.3 Å². The van der Waals surface area contributed by atoms with Crippen LogP contribution in [-0.2, 0) is 0 Å². The first-order valence-electron chi connectivity index (χ1n) is 7.93. The first kappa shape index (κ1) is 13.3. The van der Waals surface area contributed by atoms with Gasteiger partial charge < -0.3 is 4.90 Å². The van der Waals surface area contributed by atoms with Crippen LogP contribution in [-0.4, -0.2) is 33.3 Å². The second-order valence-corrected chi connectivity index (χ2v) is 7.04. The van der Waals surface area contributed by atoms with Crippen molar-refractivity contribution in [3.05, 3.63) is 35.5 Å². The van der Waals surface area contributed by atoms with E-state index in [2.05, 4.69) is 27.0 Å². The first-order valence-corrected chi connectivity index (χ1v) is 8.30. The van der Waals surface area contributed by atoms with E-state index in [4.69, 9.17) is 16.6 Å². The van der Waals surface area contributed by atoms with Gasteiger partial charge in [-0.05, 0) is 29.9 Å². The average Bonchev–Trinajstić information content (AvgIpc) is 2.99. The average molecular weight is 326 g/mol. The number of anilines is 1. The fourth-order valence-corrected chi connectivity index (χ4v) is 3.98. The number of hydrogen-bond acceptors (Lipinski definition) is 4. The summed E-state index contributed by atoms with van der Waals surface area (Å²) in [5.74, 6) is 3.49. The Morgan fingerprint density at radius 3 is 2.87 bits per heavy atom. The summed E-state index contributed by atoms with van der Waals surface area (Å²) in [5.41, 5.74) is 3.28. The second-order valence-electron chi connectivity index (χ2n) is 6.60. The molecule has 0 radical (unpaired) electrons. The number of H-pyrrole nitrogens is 1. The van der Waals surface area contributed by atoms with E-state index >= 15 is 0 Å². The lowest BCUT2D eigenvalue weighted by atomic mass is 10.1. The van der Waals surface area contributed by atoms with Gasteiger partial charge in [-0.25, -0.2) is 9.97 Å². The summed E-state index contributed by atoms with van der Waals surface area (Å²) in [6.45, 7) is 4.53. The van der Waals surface area contributed by atoms with Crippen LogP contribution in [0, 0.1) is 17.8 Å². The van der Waals surface area contributed by atoms with E-state index in [1.165, 1.54) is 0 Å². The van der Waals surface area contributed by atoms with Crippen molar-refractivity contribution in [2.45, 2.75) is 6.92 Å². The summed E-state index contributed by atoms with van der Waals surface area (Å²) in [6, 6.07) is 7.67. The standard InChI is InChI=1S/C17H16ClN5/c1-9-12-7-23(8-13(9)12)14-6-19-16-15(21-22-17(16)20-14)10-3-2-4-11(18)5-10/h2-6,9,12-13H,7-8H2,1H3,(H,20,21,22)/t9?,12-,13+. The maximum atomic E-state index is 6.08. The van der Waals surface area contributed by atoms with Crippen LogP contribution >= 0.6 is 11.6 Å². The molecule has 2 fully saturated rings. The SMILES string of the molecule is CC1[C@H]2CN(c3cnc4c(-c5cccc(Cl)c5)[nH]nc4n3)C[C@@H]12. The van der Waals surface area contributed by atoms with Crippen molar-refractivity contribution in [1.82, 2.24) is 20.2 Å². The van der Waals surface area contributed by atoms with Crippen molar-refractivity contribution in [1.29, 1.82) is 0 Å². The van der Waals surface area contributed by atoms with Gasteiger partial charge in [-0.2, -0.15) is 5.10 Å². The van der Waals surface area contributed by atoms with Gasteiger partial charge in [-0.15, -0.1) is 0 Å². The van der Waals surface area contributed by atoms with Gasteiger partial charge in [-0.1, -0.05) is 30.7 Å². The minimum absolute atomic E-state index is 0.658. The molecule has 116 valence electrons. The molecule has 1 saturated carbocycles. The fraction of sp³-hybridized carbons (Fsp3) is 0.353. The molecule has 2 aromatic heterocycles. The van der Waals surface area contributed by atoms with Crippen LogP contribution in [0.2, 0.25) is 5.02 Å². The molecule has 0 spiro atoms. The van der Waals surface area contributed by atoms with Crippen LogP contribution in [0.5, 0.6) is 0 Å². The summed E-state index contributed by atoms with van der Waals surface area (Å²) in [6.07, 6.45) is 1.86. The van der Waals surface area contributed by atoms with E-state index in [0.29, 0.717) is 10.7 Å². The minimum atomic E-state index is 0.658. The van der Waals surface area contributed by atoms with Crippen LogP contribution in [0.15, 0.2) is 30.5 Å². The Balaban J connectivity index is 1.51. The van der Waals surface area contributed by atoms with E-state index in [9.17, 15) is 0 Å². The van der Waals surface area contributed by atoms with Gasteiger partial charge >= 0.3 is 0 Å². The Kier molecular flexibility index (Phi) is 2.71. The lowest BCUT2D eigenvalue weighted by molar-refractivity contribution is 0.684. The lowest BCUT2D eigenvalue weighted by Gasteiger charge is -2.19. The Labute approximate surface area is 138 Å². The zero-order valence-electron chi connectivity index (χ0n) is 12.7. The van der Waals surface area contributed by atoms with Gasteiger partial charge in [0.15, 0.2) is 0 Å². The zero-order valence-corrected chi connectivity index (χ0v) is 13.5. The summed E-state index contributed by atoms with van der Waals surface area (Å²) in [7, 11) is 0. The lowest BCUT2D eigenvalue weighted by Crippen LogP contribution is -2.24. The van der Waals surface area contributed by atoms with Crippen molar-refractivity contribution in [3.63, 3.8) is 0 Å². The maximum absolute atomic E-state index is 6.08. The van der Waals surface area contributed by atoms with Gasteiger partial charge in [0.1, 0.15) is 11.3 Å². The first-order chi connectivity index (χ1) is 11.2. The normalized spacial score (nSPS) is 25.8. The monoisotopic (exact) mass is 325 g/mol. The van der Waals surface area contributed by atoms with Crippen molar-refractivity contribution in [2.24, 2.45) is 17.8 Å². The highest BCUT2D eigenvalue weighted by Crippen LogP contribution is 2.51. The van der Waals surface area contributed by atoms with Crippen LogP contribution in [0.1, 0.15) is 6.92 Å². The highest BCUT2D eigenvalue weighted by atomic mass is 35.5. The number of halogens is 1. The molecular weight excluding hydrogens is 310 g/mol. The van der Waals surface area contributed by atoms with E-state index < -0.39 is 0 Å². The maximum Gasteiger partial charge on any atom is 0.202 e. The van der Waals surface area contributed by atoms with Gasteiger partial charge in [-0.3, -0.25) is 5.10 Å². The summed E-state index contributed by atoms with van der Waals surface area (Å²) >= 11 is 6.08. The Morgan fingerprint density at radius 1 is 1.26 bits per heavy atom. The van der Waals surface area contributed by atoms with Crippen molar-refractivity contribution in [2.75, 3.05) is 18.0 Å². The molecule has 1 aromatic carbocycles. The molecule has 5 rings (SSSR count). The van der Waals surface area contributed by atoms with Crippen LogP contribution in [0.25, 0.3) is 22.4 Å². The molecule has 1 aliphatic heterocycles. The molecule has 1 N–H and O–H groups in total. The molecule has 5 nitrogen and oxygen atoms in total. The predicted octanol–water partition coefficient (Wildman–Crippen LogP) is 3.38. The van der Waals surface area contributed by atoms with Gasteiger partial charge in [0.25, 0.3) is 0 Å². The zero-order chi connectivity index (χ0) is 15.6. The van der Waals surface area contributed by atoms with Gasteiger partial charge in [0.05, 0.1) is 11.9 Å². The molecule has 3 aromatic rings. The molecule has 0 bridgehead atoms. The topological polar surface area (TPSA) is 57.7 Å². The third kappa shape index (κ3) is 2.03. The molecule has 2 aliphatic rings. The number of nitrogens with zero attached hydrogens (tertiary/aromatic N) is 4. The number of aromatic amines is 1. The highest BCUT2D eigenvalue weighted by Gasteiger charge is 2.53. The molecule has 1 unspecified atom stereocenters. The van der Waals surface area contributed by atoms with E-state index in [-0.39, 0.29) is 0 Å². The quantitative estimate of drug-likeness (QED) is 0.784. The summed E-state index contributed by atoms with van der Waals surface area (Å²) in [5, 5.41) is 8.08. The number of benzene rings is 1. The molecule has 1 aliphatic carbocycles. The third-order valence-electron chi connectivity index (χ3n) is 5.31. The number of rotatable bonds is 2. The molecule has 23 heavy (non-hydrogen) atoms. The van der Waals surface area contributed by atoms with Crippen LogP contribution < -0.4 is 4.90 Å². The largest absolute Gasteiger partial charge is 0.355 e. The van der Waals surface area contributed by atoms with Crippen molar-refractivity contribution >= 4 is 28.6 Å². The molecule has 3 atom stereocenters. The third-order valence-corrected chi connectivity index (χ3v) is 5.55. The van der Waals surface area contributed by atoms with E-state index in [0.717, 1.165) is 53.4 Å². The second kappa shape index (κ2) is 4.68. The minimum Gasteiger partial charge on any atom is -0.355 e. The van der Waals surface area contributed by atoms with Crippen LogP contribution in [0.4, 0.5) is 5.82 Å². The number of piperidine rings is 1. The Morgan fingerprint density at radius 2 is 2.09 bits per heavy atom. The molecule has 6 heteroatoms. The Hall–Kier alpha value is -2.14. The summed E-state index contributed by atoms with van der Waals surface area (Å²) in [4.78, 5) is 11.6. The molecule has 1 saturated heterocycles. The fourth-order valence-electron chi connectivity index (χ4n) is 3.79. The predicted molar refractivity (Wildman–Crippen MR) is 90.5 cm³/mol. The van der Waals surface area contributed by atoms with E-state index in [1.807, 2.05) is 30.5 Å². The molecule has 0 amide bonds.